The SMILES string of the molecule is CC.CC.CC1CCCC(C)(C)C1.COc1c(CN2OC(CO)C(CO)C2C(N)=O)cccc1B(O)O. The number of nitrogens with two attached hydrogens (primary N) is 1. The first-order valence-electron chi connectivity index (χ1n) is 13.5. The van der Waals surface area contributed by atoms with Gasteiger partial charge in [-0.1, -0.05) is 79.5 Å². The maximum atomic E-state index is 11.8. The average molecular weight is 527 g/mol. The zero-order valence-corrected chi connectivity index (χ0v) is 24.1. The molecule has 1 amide bonds. The van der Waals surface area contributed by atoms with Gasteiger partial charge >= 0.3 is 7.12 Å². The topological polar surface area (TPSA) is 146 Å². The lowest BCUT2D eigenvalue weighted by atomic mass is 9.73. The highest BCUT2D eigenvalue weighted by Crippen LogP contribution is 2.38. The van der Waals surface area contributed by atoms with E-state index in [9.17, 15) is 25.1 Å². The lowest BCUT2D eigenvalue weighted by Gasteiger charge is -2.33. The van der Waals surface area contributed by atoms with E-state index in [0.29, 0.717) is 11.0 Å². The van der Waals surface area contributed by atoms with Gasteiger partial charge in [0.1, 0.15) is 17.9 Å². The zero-order valence-electron chi connectivity index (χ0n) is 24.1. The lowest BCUT2D eigenvalue weighted by molar-refractivity contribution is -0.180. The molecule has 6 N–H and O–H groups in total. The Hall–Kier alpha value is -1.69. The van der Waals surface area contributed by atoms with E-state index >= 15 is 0 Å². The van der Waals surface area contributed by atoms with Crippen LogP contribution in [0.2, 0.25) is 0 Å². The number of aliphatic hydroxyl groups is 2. The van der Waals surface area contributed by atoms with Crippen molar-refractivity contribution in [2.45, 2.75) is 92.8 Å². The molecule has 3 rings (SSSR count). The quantitative estimate of drug-likeness (QED) is 0.340. The van der Waals surface area contributed by atoms with Gasteiger partial charge in [-0.15, -0.1) is 0 Å². The number of amides is 1. The van der Waals surface area contributed by atoms with Gasteiger partial charge in [0.25, 0.3) is 0 Å². The maximum Gasteiger partial charge on any atom is 0.492 e. The summed E-state index contributed by atoms with van der Waals surface area (Å²) in [5.74, 6) is -0.131. The van der Waals surface area contributed by atoms with E-state index < -0.39 is 31.1 Å². The number of methoxy groups -OCH3 is 1. The van der Waals surface area contributed by atoms with Gasteiger partial charge in [-0.05, 0) is 24.2 Å². The number of hydroxylamine groups is 2. The van der Waals surface area contributed by atoms with E-state index in [1.54, 1.807) is 12.1 Å². The van der Waals surface area contributed by atoms with E-state index in [4.69, 9.17) is 15.3 Å². The molecule has 0 radical (unpaired) electrons. The number of carbonyl (C=O) groups is 1. The Bertz CT molecular complexity index is 779. The first-order valence-corrected chi connectivity index (χ1v) is 13.5. The fourth-order valence-corrected chi connectivity index (χ4v) is 5.04. The molecule has 214 valence electrons. The normalized spacial score (nSPS) is 24.3. The molecular weight excluding hydrogens is 475 g/mol. The Labute approximate surface area is 224 Å². The van der Waals surface area contributed by atoms with Gasteiger partial charge in [0.15, 0.2) is 0 Å². The summed E-state index contributed by atoms with van der Waals surface area (Å²) in [5.41, 5.74) is 6.76. The van der Waals surface area contributed by atoms with Crippen LogP contribution in [0.5, 0.6) is 5.75 Å². The summed E-state index contributed by atoms with van der Waals surface area (Å²) in [6.07, 6.45) is 5.03. The van der Waals surface area contributed by atoms with Crippen molar-refractivity contribution < 1.29 is 34.6 Å². The van der Waals surface area contributed by atoms with Gasteiger partial charge in [-0.2, -0.15) is 5.06 Å². The number of carbonyl (C=O) groups excluding carboxylic acids is 1. The molecule has 1 aromatic rings. The van der Waals surface area contributed by atoms with Crippen LogP contribution in [0.4, 0.5) is 0 Å². The van der Waals surface area contributed by atoms with E-state index in [-0.39, 0.29) is 31.0 Å². The van der Waals surface area contributed by atoms with Gasteiger partial charge in [-0.25, -0.2) is 0 Å². The molecule has 1 aliphatic carbocycles. The highest BCUT2D eigenvalue weighted by molar-refractivity contribution is 6.59. The van der Waals surface area contributed by atoms with Crippen molar-refractivity contribution in [2.24, 2.45) is 23.0 Å². The number of primary amides is 1. The molecule has 1 saturated carbocycles. The number of rotatable bonds is 7. The molecule has 0 aromatic heterocycles. The molecule has 2 aliphatic rings. The number of hydrogen-bond acceptors (Lipinski definition) is 8. The van der Waals surface area contributed by atoms with Crippen molar-refractivity contribution in [2.75, 3.05) is 20.3 Å². The molecule has 4 unspecified atom stereocenters. The number of ether oxygens (including phenoxy) is 1. The Kier molecular flexibility index (Phi) is 16.9. The summed E-state index contributed by atoms with van der Waals surface area (Å²) < 4.78 is 5.23. The molecule has 4 atom stereocenters. The summed E-state index contributed by atoms with van der Waals surface area (Å²) in [4.78, 5) is 17.3. The van der Waals surface area contributed by atoms with Crippen molar-refractivity contribution in [3.8, 4) is 5.75 Å². The van der Waals surface area contributed by atoms with Crippen molar-refractivity contribution in [3.05, 3.63) is 23.8 Å². The number of para-hydroxylation sites is 1. The lowest BCUT2D eigenvalue weighted by Crippen LogP contribution is -2.44. The first-order chi connectivity index (χ1) is 17.5. The van der Waals surface area contributed by atoms with Gasteiger partial charge in [0.2, 0.25) is 5.91 Å². The standard InChI is InChI=1S/C14H21BN2O7.C9H18.2C2H6/c1-23-13-8(3-2-4-10(13)15(21)22)5-17-12(14(16)20)9(6-18)11(7-19)24-17;1-8-5-4-6-9(2,3)7-8;2*1-2/h2-4,9,11-12,18-19,21-22H,5-7H2,1H3,(H2,16,20);8H,4-7H2,1-3H3;2*1-2H3. The second kappa shape index (κ2) is 17.8. The van der Waals surface area contributed by atoms with Crippen LogP contribution < -0.4 is 15.9 Å². The molecule has 1 aromatic carbocycles. The summed E-state index contributed by atoms with van der Waals surface area (Å²) in [6, 6.07) is 3.84. The van der Waals surface area contributed by atoms with E-state index in [2.05, 4.69) is 20.8 Å². The Morgan fingerprint density at radius 3 is 2.22 bits per heavy atom. The molecule has 9 nitrogen and oxygen atoms in total. The largest absolute Gasteiger partial charge is 0.497 e. The minimum atomic E-state index is -1.72. The third-order valence-corrected chi connectivity index (χ3v) is 6.53. The smallest absolute Gasteiger partial charge is 0.492 e. The second-order valence-electron chi connectivity index (χ2n) is 9.87. The maximum absolute atomic E-state index is 11.8. The monoisotopic (exact) mass is 526 g/mol. The summed E-state index contributed by atoms with van der Waals surface area (Å²) >= 11 is 0. The molecule has 10 heteroatoms. The third-order valence-electron chi connectivity index (χ3n) is 6.53. The third kappa shape index (κ3) is 10.5. The molecule has 37 heavy (non-hydrogen) atoms. The number of aliphatic hydroxyl groups excluding tert-OH is 2. The zero-order chi connectivity index (χ0) is 28.8. The second-order valence-corrected chi connectivity index (χ2v) is 9.87. The molecule has 1 saturated heterocycles. The molecule has 1 heterocycles. The minimum Gasteiger partial charge on any atom is -0.497 e. The average Bonchev–Trinajstić information content (AvgIpc) is 3.23. The molecular formula is C27H51BN2O7. The highest BCUT2D eigenvalue weighted by Gasteiger charge is 2.46. The fraction of sp³-hybridized carbons (Fsp3) is 0.741. The molecule has 0 bridgehead atoms. The van der Waals surface area contributed by atoms with E-state index in [1.807, 2.05) is 27.7 Å². The molecule has 2 fully saturated rings. The van der Waals surface area contributed by atoms with Gasteiger partial charge in [0, 0.05) is 16.9 Å². The number of benzene rings is 1. The van der Waals surface area contributed by atoms with Crippen LogP contribution in [0.3, 0.4) is 0 Å². The van der Waals surface area contributed by atoms with E-state index in [0.717, 1.165) is 5.92 Å². The first kappa shape index (κ1) is 35.3. The van der Waals surface area contributed by atoms with Gasteiger partial charge in [-0.3, -0.25) is 9.63 Å². The highest BCUT2D eigenvalue weighted by atomic mass is 16.7. The Balaban J connectivity index is 0.000000829. The summed E-state index contributed by atoms with van der Waals surface area (Å²) in [6.45, 7) is 14.5. The minimum absolute atomic E-state index is 0.0460. The summed E-state index contributed by atoms with van der Waals surface area (Å²) in [5, 5.41) is 38.9. The van der Waals surface area contributed by atoms with Crippen molar-refractivity contribution in [1.82, 2.24) is 5.06 Å². The molecule has 1 aliphatic heterocycles. The van der Waals surface area contributed by atoms with Crippen LogP contribution in [-0.4, -0.2) is 70.8 Å². The van der Waals surface area contributed by atoms with Gasteiger partial charge in [0.05, 0.1) is 26.9 Å². The van der Waals surface area contributed by atoms with E-state index in [1.165, 1.54) is 43.9 Å². The van der Waals surface area contributed by atoms with Crippen molar-refractivity contribution >= 4 is 18.5 Å². The molecule has 0 spiro atoms. The Morgan fingerprint density at radius 1 is 1.19 bits per heavy atom. The van der Waals surface area contributed by atoms with Crippen LogP contribution in [0.1, 0.15) is 79.7 Å². The fourth-order valence-electron chi connectivity index (χ4n) is 5.04. The van der Waals surface area contributed by atoms with Crippen LogP contribution in [-0.2, 0) is 16.2 Å². The number of hydrogen-bond donors (Lipinski definition) is 5. The van der Waals surface area contributed by atoms with Crippen LogP contribution >= 0.6 is 0 Å². The summed E-state index contributed by atoms with van der Waals surface area (Å²) in [7, 11) is -0.338. The van der Waals surface area contributed by atoms with Crippen LogP contribution in [0.25, 0.3) is 0 Å². The van der Waals surface area contributed by atoms with Crippen molar-refractivity contribution in [1.29, 1.82) is 0 Å². The Morgan fingerprint density at radius 2 is 1.81 bits per heavy atom. The van der Waals surface area contributed by atoms with Crippen molar-refractivity contribution in [3.63, 3.8) is 0 Å². The van der Waals surface area contributed by atoms with Crippen LogP contribution in [0, 0.1) is 17.3 Å². The predicted molar refractivity (Wildman–Crippen MR) is 148 cm³/mol. The predicted octanol–water partition coefficient (Wildman–Crippen LogP) is 2.22. The van der Waals surface area contributed by atoms with Crippen LogP contribution in [0.15, 0.2) is 18.2 Å². The number of nitrogens with zero attached hydrogens (tertiary/aromatic N) is 1. The van der Waals surface area contributed by atoms with Gasteiger partial charge < -0.3 is 30.7 Å².